The Morgan fingerprint density at radius 1 is 1.37 bits per heavy atom. The second kappa shape index (κ2) is 4.54. The molecule has 2 fully saturated rings. The molecule has 0 spiro atoms. The molecule has 5 nitrogen and oxygen atoms in total. The SMILES string of the molecule is O=S(=O)(CCc1ccccn1)N1CC(O)(C2CC2)C1. The fourth-order valence-electron chi connectivity index (χ4n) is 2.55. The molecule has 1 aromatic rings. The monoisotopic (exact) mass is 282 g/mol. The van der Waals surface area contributed by atoms with E-state index in [-0.39, 0.29) is 18.8 Å². The summed E-state index contributed by atoms with van der Waals surface area (Å²) in [4.78, 5) is 4.12. The zero-order valence-corrected chi connectivity index (χ0v) is 11.5. The van der Waals surface area contributed by atoms with Crippen molar-refractivity contribution in [2.45, 2.75) is 24.9 Å². The summed E-state index contributed by atoms with van der Waals surface area (Å²) in [6, 6.07) is 5.49. The Labute approximate surface area is 113 Å². The molecular formula is C13H18N2O3S. The predicted molar refractivity (Wildman–Crippen MR) is 71.0 cm³/mol. The topological polar surface area (TPSA) is 70.5 Å². The van der Waals surface area contributed by atoms with Gasteiger partial charge in [-0.2, -0.15) is 4.31 Å². The fourth-order valence-corrected chi connectivity index (χ4v) is 4.11. The van der Waals surface area contributed by atoms with Gasteiger partial charge in [-0.25, -0.2) is 8.42 Å². The van der Waals surface area contributed by atoms with Crippen LogP contribution in [0.25, 0.3) is 0 Å². The molecular weight excluding hydrogens is 264 g/mol. The Morgan fingerprint density at radius 2 is 2.11 bits per heavy atom. The Balaban J connectivity index is 1.56. The van der Waals surface area contributed by atoms with Gasteiger partial charge in [0.15, 0.2) is 0 Å². The van der Waals surface area contributed by atoms with Gasteiger partial charge >= 0.3 is 0 Å². The van der Waals surface area contributed by atoms with Gasteiger partial charge in [0.25, 0.3) is 0 Å². The lowest BCUT2D eigenvalue weighted by molar-refractivity contribution is -0.0764. The van der Waals surface area contributed by atoms with E-state index in [1.54, 1.807) is 6.20 Å². The first-order valence-corrected chi connectivity index (χ1v) is 8.21. The quantitative estimate of drug-likeness (QED) is 0.849. The number of aliphatic hydroxyl groups is 1. The summed E-state index contributed by atoms with van der Waals surface area (Å²) < 4.78 is 25.6. The van der Waals surface area contributed by atoms with E-state index in [0.29, 0.717) is 12.3 Å². The van der Waals surface area contributed by atoms with Gasteiger partial charge in [0.2, 0.25) is 10.0 Å². The lowest BCUT2D eigenvalue weighted by Gasteiger charge is -2.45. The average Bonchev–Trinajstić information content (AvgIpc) is 3.18. The largest absolute Gasteiger partial charge is 0.387 e. The van der Waals surface area contributed by atoms with Crippen LogP contribution in [0, 0.1) is 5.92 Å². The molecule has 0 unspecified atom stereocenters. The minimum atomic E-state index is -3.27. The highest BCUT2D eigenvalue weighted by Crippen LogP contribution is 2.45. The highest BCUT2D eigenvalue weighted by atomic mass is 32.2. The molecule has 1 aliphatic heterocycles. The first-order chi connectivity index (χ1) is 9.00. The van der Waals surface area contributed by atoms with Crippen LogP contribution in [0.3, 0.4) is 0 Å². The maximum atomic E-state index is 12.1. The van der Waals surface area contributed by atoms with Gasteiger partial charge in [0.1, 0.15) is 0 Å². The van der Waals surface area contributed by atoms with Crippen molar-refractivity contribution in [1.29, 1.82) is 0 Å². The average molecular weight is 282 g/mol. The highest BCUT2D eigenvalue weighted by Gasteiger charge is 2.54. The predicted octanol–water partition coefficient (Wildman–Crippen LogP) is 0.411. The van der Waals surface area contributed by atoms with Crippen LogP contribution < -0.4 is 0 Å². The summed E-state index contributed by atoms with van der Waals surface area (Å²) in [5.74, 6) is 0.375. The van der Waals surface area contributed by atoms with Crippen molar-refractivity contribution in [1.82, 2.24) is 9.29 Å². The standard InChI is InChI=1S/C13H18N2O3S/c16-13(11-4-5-11)9-15(10-13)19(17,18)8-6-12-3-1-2-7-14-12/h1-3,7,11,16H,4-6,8-10H2. The molecule has 0 amide bonds. The second-order valence-corrected chi connectivity index (χ2v) is 7.62. The first-order valence-electron chi connectivity index (χ1n) is 6.60. The van der Waals surface area contributed by atoms with Crippen LogP contribution in [0.2, 0.25) is 0 Å². The molecule has 0 radical (unpaired) electrons. The molecule has 0 atom stereocenters. The van der Waals surface area contributed by atoms with E-state index in [1.807, 2.05) is 18.2 Å². The van der Waals surface area contributed by atoms with Gasteiger partial charge in [-0.05, 0) is 30.9 Å². The number of sulfonamides is 1. The molecule has 1 aliphatic carbocycles. The highest BCUT2D eigenvalue weighted by molar-refractivity contribution is 7.89. The number of hydrogen-bond donors (Lipinski definition) is 1. The Bertz CT molecular complexity index is 549. The van der Waals surface area contributed by atoms with E-state index >= 15 is 0 Å². The summed E-state index contributed by atoms with van der Waals surface area (Å²) in [5, 5.41) is 10.2. The van der Waals surface area contributed by atoms with E-state index in [9.17, 15) is 13.5 Å². The van der Waals surface area contributed by atoms with Crippen molar-refractivity contribution < 1.29 is 13.5 Å². The Kier molecular flexibility index (Phi) is 3.11. The summed E-state index contributed by atoms with van der Waals surface area (Å²) in [5.41, 5.74) is 0.0296. The Morgan fingerprint density at radius 3 is 2.68 bits per heavy atom. The molecule has 1 aromatic heterocycles. The third-order valence-corrected chi connectivity index (χ3v) is 5.74. The number of aromatic nitrogens is 1. The number of pyridine rings is 1. The Hall–Kier alpha value is -0.980. The molecule has 6 heteroatoms. The molecule has 19 heavy (non-hydrogen) atoms. The van der Waals surface area contributed by atoms with Gasteiger partial charge in [-0.1, -0.05) is 6.07 Å². The first kappa shape index (κ1) is 13.0. The van der Waals surface area contributed by atoms with Crippen LogP contribution >= 0.6 is 0 Å². The van der Waals surface area contributed by atoms with E-state index in [4.69, 9.17) is 0 Å². The van der Waals surface area contributed by atoms with E-state index in [1.165, 1.54) is 4.31 Å². The number of β-amino-alcohol motifs (C(OH)–C–C–N with tert-alkyl or cyclic N) is 1. The van der Waals surface area contributed by atoms with Gasteiger partial charge in [-0.15, -0.1) is 0 Å². The molecule has 1 N–H and O–H groups in total. The minimum Gasteiger partial charge on any atom is -0.387 e. The van der Waals surface area contributed by atoms with Crippen molar-refractivity contribution in [3.8, 4) is 0 Å². The van der Waals surface area contributed by atoms with Crippen LogP contribution in [0.4, 0.5) is 0 Å². The van der Waals surface area contributed by atoms with Crippen molar-refractivity contribution in [2.75, 3.05) is 18.8 Å². The second-order valence-electron chi connectivity index (χ2n) is 5.53. The van der Waals surface area contributed by atoms with Crippen LogP contribution in [0.15, 0.2) is 24.4 Å². The number of rotatable bonds is 5. The van der Waals surface area contributed by atoms with Gasteiger partial charge in [0.05, 0.1) is 11.4 Å². The van der Waals surface area contributed by atoms with Crippen molar-refractivity contribution >= 4 is 10.0 Å². The van der Waals surface area contributed by atoms with E-state index in [2.05, 4.69) is 4.98 Å². The molecule has 1 saturated carbocycles. The number of aryl methyl sites for hydroxylation is 1. The van der Waals surface area contributed by atoms with Gasteiger partial charge in [-0.3, -0.25) is 4.98 Å². The number of hydrogen-bond acceptors (Lipinski definition) is 4. The van der Waals surface area contributed by atoms with Gasteiger partial charge in [0, 0.05) is 31.4 Å². The van der Waals surface area contributed by atoms with Gasteiger partial charge < -0.3 is 5.11 Å². The van der Waals surface area contributed by atoms with Crippen molar-refractivity contribution in [3.63, 3.8) is 0 Å². The lowest BCUT2D eigenvalue weighted by atomic mass is 9.91. The van der Waals surface area contributed by atoms with E-state index in [0.717, 1.165) is 18.5 Å². The number of nitrogens with zero attached hydrogens (tertiary/aromatic N) is 2. The fraction of sp³-hybridized carbons (Fsp3) is 0.615. The maximum Gasteiger partial charge on any atom is 0.214 e. The molecule has 2 heterocycles. The van der Waals surface area contributed by atoms with Crippen LogP contribution in [-0.2, 0) is 16.4 Å². The summed E-state index contributed by atoms with van der Waals surface area (Å²) in [7, 11) is -3.27. The zero-order chi connectivity index (χ0) is 13.5. The third kappa shape index (κ3) is 2.66. The molecule has 0 bridgehead atoms. The maximum absolute atomic E-state index is 12.1. The molecule has 2 aliphatic rings. The molecule has 1 saturated heterocycles. The van der Waals surface area contributed by atoms with Crippen molar-refractivity contribution in [2.24, 2.45) is 5.92 Å². The summed E-state index contributed by atoms with van der Waals surface area (Å²) >= 11 is 0. The normalized spacial score (nSPS) is 23.0. The summed E-state index contributed by atoms with van der Waals surface area (Å²) in [6.45, 7) is 0.532. The van der Waals surface area contributed by atoms with Crippen molar-refractivity contribution in [3.05, 3.63) is 30.1 Å². The smallest absolute Gasteiger partial charge is 0.214 e. The van der Waals surface area contributed by atoms with Crippen LogP contribution in [0.1, 0.15) is 18.5 Å². The van der Waals surface area contributed by atoms with E-state index < -0.39 is 15.6 Å². The van der Waals surface area contributed by atoms with Crippen LogP contribution in [-0.4, -0.2) is 47.3 Å². The minimum absolute atomic E-state index is 0.0603. The molecule has 3 rings (SSSR count). The molecule has 0 aromatic carbocycles. The third-order valence-electron chi connectivity index (χ3n) is 3.97. The summed E-state index contributed by atoms with van der Waals surface area (Å²) in [6.07, 6.45) is 4.13. The van der Waals surface area contributed by atoms with Crippen LogP contribution in [0.5, 0.6) is 0 Å². The zero-order valence-electron chi connectivity index (χ0n) is 10.7. The molecule has 104 valence electrons. The lowest BCUT2D eigenvalue weighted by Crippen LogP contribution is -2.64.